The summed E-state index contributed by atoms with van der Waals surface area (Å²) in [6, 6.07) is 8.94. The largest absolute Gasteiger partial charge is 0.314 e. The highest BCUT2D eigenvalue weighted by Gasteiger charge is 2.30. The molecule has 0 radical (unpaired) electrons. The standard InChI is InChI=1S/C19H30ClN/c1-4-15-9-10-17(13-21-14(2)3)18(11-15)12-16-7-5-6-8-19(16)20/h5-8,14-15,17-18,21H,4,9-13H2,1-3H3. The Morgan fingerprint density at radius 2 is 1.95 bits per heavy atom. The van der Waals surface area contributed by atoms with Crippen LogP contribution in [-0.2, 0) is 6.42 Å². The average molecular weight is 308 g/mol. The molecule has 118 valence electrons. The second-order valence-corrected chi connectivity index (χ2v) is 7.37. The van der Waals surface area contributed by atoms with Gasteiger partial charge in [-0.3, -0.25) is 0 Å². The smallest absolute Gasteiger partial charge is 0.0438 e. The van der Waals surface area contributed by atoms with Crippen molar-refractivity contribution in [1.82, 2.24) is 5.32 Å². The number of halogens is 1. The number of hydrogen-bond acceptors (Lipinski definition) is 1. The molecule has 0 aromatic heterocycles. The van der Waals surface area contributed by atoms with Crippen LogP contribution in [0.5, 0.6) is 0 Å². The Labute approximate surface area is 135 Å². The Hall–Kier alpha value is -0.530. The predicted molar refractivity (Wildman–Crippen MR) is 92.9 cm³/mol. The van der Waals surface area contributed by atoms with Gasteiger partial charge < -0.3 is 5.32 Å². The fourth-order valence-electron chi connectivity index (χ4n) is 3.65. The van der Waals surface area contributed by atoms with Crippen molar-refractivity contribution in [3.05, 3.63) is 34.9 Å². The Bertz CT molecular complexity index is 429. The SMILES string of the molecule is CCC1CCC(CNC(C)C)C(Cc2ccccc2Cl)C1. The Morgan fingerprint density at radius 3 is 2.62 bits per heavy atom. The maximum atomic E-state index is 6.37. The molecule has 3 unspecified atom stereocenters. The van der Waals surface area contributed by atoms with Crippen molar-refractivity contribution >= 4 is 11.6 Å². The summed E-state index contributed by atoms with van der Waals surface area (Å²) in [5.41, 5.74) is 1.33. The molecule has 0 amide bonds. The van der Waals surface area contributed by atoms with E-state index in [9.17, 15) is 0 Å². The van der Waals surface area contributed by atoms with Gasteiger partial charge in [0.2, 0.25) is 0 Å². The molecule has 1 N–H and O–H groups in total. The van der Waals surface area contributed by atoms with Crippen LogP contribution in [0.3, 0.4) is 0 Å². The van der Waals surface area contributed by atoms with Gasteiger partial charge in [0.1, 0.15) is 0 Å². The van der Waals surface area contributed by atoms with E-state index in [1.54, 1.807) is 0 Å². The van der Waals surface area contributed by atoms with Crippen molar-refractivity contribution in [2.75, 3.05) is 6.54 Å². The van der Waals surface area contributed by atoms with Crippen LogP contribution >= 0.6 is 11.6 Å². The zero-order chi connectivity index (χ0) is 15.2. The molecule has 1 saturated carbocycles. The van der Waals surface area contributed by atoms with Gasteiger partial charge in [0, 0.05) is 11.1 Å². The van der Waals surface area contributed by atoms with E-state index in [1.165, 1.54) is 31.2 Å². The first kappa shape index (κ1) is 16.8. The Morgan fingerprint density at radius 1 is 1.19 bits per heavy atom. The molecule has 0 saturated heterocycles. The van der Waals surface area contributed by atoms with E-state index in [4.69, 9.17) is 11.6 Å². The van der Waals surface area contributed by atoms with Gasteiger partial charge in [0.15, 0.2) is 0 Å². The van der Waals surface area contributed by atoms with E-state index in [0.29, 0.717) is 6.04 Å². The fraction of sp³-hybridized carbons (Fsp3) is 0.684. The van der Waals surface area contributed by atoms with Crippen LogP contribution in [0, 0.1) is 17.8 Å². The lowest BCUT2D eigenvalue weighted by Crippen LogP contribution is -2.36. The molecule has 1 nitrogen and oxygen atoms in total. The van der Waals surface area contributed by atoms with Crippen LogP contribution in [-0.4, -0.2) is 12.6 Å². The van der Waals surface area contributed by atoms with Crippen LogP contribution in [0.15, 0.2) is 24.3 Å². The van der Waals surface area contributed by atoms with E-state index >= 15 is 0 Å². The van der Waals surface area contributed by atoms with Gasteiger partial charge in [0.25, 0.3) is 0 Å². The second kappa shape index (κ2) is 8.19. The van der Waals surface area contributed by atoms with Gasteiger partial charge in [-0.2, -0.15) is 0 Å². The first-order valence-electron chi connectivity index (χ1n) is 8.56. The molecule has 0 heterocycles. The topological polar surface area (TPSA) is 12.0 Å². The minimum Gasteiger partial charge on any atom is -0.314 e. The molecular weight excluding hydrogens is 278 g/mol. The van der Waals surface area contributed by atoms with Crippen molar-refractivity contribution in [2.24, 2.45) is 17.8 Å². The third-order valence-corrected chi connectivity index (χ3v) is 5.42. The molecule has 1 aliphatic rings. The third-order valence-electron chi connectivity index (χ3n) is 5.05. The summed E-state index contributed by atoms with van der Waals surface area (Å²) in [6.45, 7) is 7.97. The molecule has 1 fully saturated rings. The number of hydrogen-bond donors (Lipinski definition) is 1. The lowest BCUT2D eigenvalue weighted by atomic mass is 9.71. The summed E-state index contributed by atoms with van der Waals surface area (Å²) in [7, 11) is 0. The number of rotatable bonds is 6. The van der Waals surface area contributed by atoms with Crippen molar-refractivity contribution in [2.45, 2.75) is 58.9 Å². The number of benzene rings is 1. The lowest BCUT2D eigenvalue weighted by molar-refractivity contribution is 0.169. The highest BCUT2D eigenvalue weighted by molar-refractivity contribution is 6.31. The molecular formula is C19H30ClN. The normalized spacial score (nSPS) is 26.2. The summed E-state index contributed by atoms with van der Waals surface area (Å²) < 4.78 is 0. The molecule has 0 spiro atoms. The minimum absolute atomic E-state index is 0.579. The first-order chi connectivity index (χ1) is 10.1. The molecule has 1 aromatic rings. The van der Waals surface area contributed by atoms with E-state index in [-0.39, 0.29) is 0 Å². The van der Waals surface area contributed by atoms with Gasteiger partial charge in [-0.05, 0) is 55.2 Å². The summed E-state index contributed by atoms with van der Waals surface area (Å²) >= 11 is 6.37. The third kappa shape index (κ3) is 5.00. The summed E-state index contributed by atoms with van der Waals surface area (Å²) in [6.07, 6.45) is 6.60. The van der Waals surface area contributed by atoms with Gasteiger partial charge in [-0.1, -0.05) is 63.4 Å². The molecule has 0 aliphatic heterocycles. The van der Waals surface area contributed by atoms with Crippen molar-refractivity contribution < 1.29 is 0 Å². The van der Waals surface area contributed by atoms with Crippen LogP contribution in [0.4, 0.5) is 0 Å². The van der Waals surface area contributed by atoms with Crippen molar-refractivity contribution in [1.29, 1.82) is 0 Å². The van der Waals surface area contributed by atoms with E-state index in [1.807, 2.05) is 12.1 Å². The van der Waals surface area contributed by atoms with Gasteiger partial charge in [-0.15, -0.1) is 0 Å². The Balaban J connectivity index is 2.04. The van der Waals surface area contributed by atoms with Gasteiger partial charge >= 0.3 is 0 Å². The monoisotopic (exact) mass is 307 g/mol. The minimum atomic E-state index is 0.579. The van der Waals surface area contributed by atoms with Crippen LogP contribution in [0.1, 0.15) is 52.0 Å². The van der Waals surface area contributed by atoms with Crippen molar-refractivity contribution in [3.63, 3.8) is 0 Å². The highest BCUT2D eigenvalue weighted by atomic mass is 35.5. The van der Waals surface area contributed by atoms with Crippen LogP contribution in [0.25, 0.3) is 0 Å². The average Bonchev–Trinajstić information content (AvgIpc) is 2.48. The maximum Gasteiger partial charge on any atom is 0.0438 e. The van der Waals surface area contributed by atoms with Gasteiger partial charge in [-0.25, -0.2) is 0 Å². The molecule has 2 rings (SSSR count). The lowest BCUT2D eigenvalue weighted by Gasteiger charge is -2.37. The first-order valence-corrected chi connectivity index (χ1v) is 8.94. The molecule has 0 bridgehead atoms. The summed E-state index contributed by atoms with van der Waals surface area (Å²) in [5, 5.41) is 4.58. The van der Waals surface area contributed by atoms with Crippen LogP contribution < -0.4 is 5.32 Å². The Kier molecular flexibility index (Phi) is 6.57. The van der Waals surface area contributed by atoms with E-state index < -0.39 is 0 Å². The summed E-state index contributed by atoms with van der Waals surface area (Å²) in [5.74, 6) is 2.48. The number of nitrogens with one attached hydrogen (secondary N) is 1. The van der Waals surface area contributed by atoms with E-state index in [0.717, 1.165) is 35.7 Å². The quantitative estimate of drug-likeness (QED) is 0.749. The molecule has 3 atom stereocenters. The zero-order valence-corrected chi connectivity index (χ0v) is 14.5. The zero-order valence-electron chi connectivity index (χ0n) is 13.7. The van der Waals surface area contributed by atoms with Crippen LogP contribution in [0.2, 0.25) is 5.02 Å². The highest BCUT2D eigenvalue weighted by Crippen LogP contribution is 2.38. The maximum absolute atomic E-state index is 6.37. The fourth-order valence-corrected chi connectivity index (χ4v) is 3.86. The second-order valence-electron chi connectivity index (χ2n) is 6.97. The van der Waals surface area contributed by atoms with Crippen molar-refractivity contribution in [3.8, 4) is 0 Å². The molecule has 1 aliphatic carbocycles. The van der Waals surface area contributed by atoms with E-state index in [2.05, 4.69) is 38.2 Å². The predicted octanol–water partition coefficient (Wildman–Crippen LogP) is 5.32. The molecule has 1 aromatic carbocycles. The molecule has 21 heavy (non-hydrogen) atoms. The van der Waals surface area contributed by atoms with Gasteiger partial charge in [0.05, 0.1) is 0 Å². The molecule has 2 heteroatoms. The summed E-state index contributed by atoms with van der Waals surface area (Å²) in [4.78, 5) is 0.